The monoisotopic (exact) mass is 305 g/mol. The van der Waals surface area contributed by atoms with Gasteiger partial charge in [0.2, 0.25) is 0 Å². The second kappa shape index (κ2) is 4.89. The predicted octanol–water partition coefficient (Wildman–Crippen LogP) is 2.86. The van der Waals surface area contributed by atoms with Crippen LogP contribution in [0, 0.1) is 5.82 Å². The van der Waals surface area contributed by atoms with Gasteiger partial charge in [-0.3, -0.25) is 4.68 Å². The van der Waals surface area contributed by atoms with E-state index < -0.39 is 5.82 Å². The van der Waals surface area contributed by atoms with Crippen molar-refractivity contribution < 1.29 is 4.39 Å². The standard InChI is InChI=1S/C14H13ClFN5/c1-20-6-11(18-7-20)13-12(14(17)21(2)19-13)9-4-3-8(16)5-10(9)15/h3-7H,17H2,1-2H3. The zero-order chi connectivity index (χ0) is 15.1. The lowest BCUT2D eigenvalue weighted by Crippen LogP contribution is -1.98. The minimum atomic E-state index is -0.398. The minimum absolute atomic E-state index is 0.284. The summed E-state index contributed by atoms with van der Waals surface area (Å²) in [6, 6.07) is 4.19. The Balaban J connectivity index is 2.26. The van der Waals surface area contributed by atoms with Crippen molar-refractivity contribution in [3.63, 3.8) is 0 Å². The molecule has 108 valence electrons. The van der Waals surface area contributed by atoms with E-state index in [0.29, 0.717) is 28.3 Å². The summed E-state index contributed by atoms with van der Waals surface area (Å²) in [5.74, 6) is 0.0507. The molecule has 2 N–H and O–H groups in total. The Kier molecular flexibility index (Phi) is 3.17. The number of aromatic nitrogens is 4. The fraction of sp³-hybridized carbons (Fsp3) is 0.143. The summed E-state index contributed by atoms with van der Waals surface area (Å²) in [5.41, 5.74) is 8.68. The molecule has 0 radical (unpaired) electrons. The van der Waals surface area contributed by atoms with Crippen LogP contribution in [-0.2, 0) is 14.1 Å². The van der Waals surface area contributed by atoms with Crippen LogP contribution in [0.1, 0.15) is 0 Å². The van der Waals surface area contributed by atoms with Crippen LogP contribution in [0.25, 0.3) is 22.5 Å². The largest absolute Gasteiger partial charge is 0.383 e. The number of imidazole rings is 1. The number of benzene rings is 1. The highest BCUT2D eigenvalue weighted by Crippen LogP contribution is 2.38. The van der Waals surface area contributed by atoms with Crippen LogP contribution in [-0.4, -0.2) is 19.3 Å². The summed E-state index contributed by atoms with van der Waals surface area (Å²) in [5, 5.41) is 4.68. The van der Waals surface area contributed by atoms with Gasteiger partial charge in [-0.2, -0.15) is 5.10 Å². The van der Waals surface area contributed by atoms with Gasteiger partial charge in [0.25, 0.3) is 0 Å². The van der Waals surface area contributed by atoms with E-state index in [1.807, 2.05) is 17.8 Å². The van der Waals surface area contributed by atoms with E-state index in [4.69, 9.17) is 17.3 Å². The van der Waals surface area contributed by atoms with Crippen molar-refractivity contribution in [1.29, 1.82) is 0 Å². The third-order valence-electron chi connectivity index (χ3n) is 3.24. The fourth-order valence-corrected chi connectivity index (χ4v) is 2.47. The van der Waals surface area contributed by atoms with Crippen LogP contribution < -0.4 is 5.73 Å². The molecule has 7 heteroatoms. The highest BCUT2D eigenvalue weighted by molar-refractivity contribution is 6.33. The summed E-state index contributed by atoms with van der Waals surface area (Å²) < 4.78 is 16.6. The molecular formula is C14H13ClFN5. The lowest BCUT2D eigenvalue weighted by atomic mass is 10.0. The Morgan fingerprint density at radius 3 is 2.67 bits per heavy atom. The number of nitrogen functional groups attached to an aromatic ring is 1. The summed E-state index contributed by atoms with van der Waals surface area (Å²) in [6.07, 6.45) is 3.51. The average molecular weight is 306 g/mol. The van der Waals surface area contributed by atoms with E-state index in [1.54, 1.807) is 24.1 Å². The normalized spacial score (nSPS) is 11.0. The first-order valence-electron chi connectivity index (χ1n) is 6.23. The van der Waals surface area contributed by atoms with Gasteiger partial charge in [0.1, 0.15) is 23.0 Å². The summed E-state index contributed by atoms with van der Waals surface area (Å²) in [6.45, 7) is 0. The zero-order valence-electron chi connectivity index (χ0n) is 11.5. The molecule has 2 heterocycles. The Morgan fingerprint density at radius 1 is 1.29 bits per heavy atom. The van der Waals surface area contributed by atoms with Gasteiger partial charge in [-0.25, -0.2) is 9.37 Å². The molecule has 0 saturated carbocycles. The Hall–Kier alpha value is -2.34. The van der Waals surface area contributed by atoms with Gasteiger partial charge in [0.05, 0.1) is 16.9 Å². The first-order chi connectivity index (χ1) is 9.97. The van der Waals surface area contributed by atoms with Crippen LogP contribution >= 0.6 is 11.6 Å². The molecule has 3 rings (SSSR count). The maximum absolute atomic E-state index is 13.2. The summed E-state index contributed by atoms with van der Waals surface area (Å²) in [4.78, 5) is 4.29. The zero-order valence-corrected chi connectivity index (χ0v) is 12.3. The van der Waals surface area contributed by atoms with Crippen LogP contribution in [0.4, 0.5) is 10.2 Å². The molecule has 0 aliphatic rings. The van der Waals surface area contributed by atoms with Crippen molar-refractivity contribution in [2.24, 2.45) is 14.1 Å². The Morgan fingerprint density at radius 2 is 2.05 bits per heavy atom. The Bertz CT molecular complexity index is 821. The molecule has 0 bridgehead atoms. The van der Waals surface area contributed by atoms with E-state index in [0.717, 1.165) is 0 Å². The van der Waals surface area contributed by atoms with Crippen LogP contribution in [0.15, 0.2) is 30.7 Å². The molecule has 0 aliphatic heterocycles. The van der Waals surface area contributed by atoms with Crippen molar-refractivity contribution in [3.8, 4) is 22.5 Å². The van der Waals surface area contributed by atoms with Gasteiger partial charge in [-0.15, -0.1) is 0 Å². The van der Waals surface area contributed by atoms with E-state index in [-0.39, 0.29) is 5.02 Å². The van der Waals surface area contributed by atoms with Crippen molar-refractivity contribution in [2.45, 2.75) is 0 Å². The molecule has 2 aromatic heterocycles. The SMILES string of the molecule is Cn1cnc(-c2nn(C)c(N)c2-c2ccc(F)cc2Cl)c1. The third-order valence-corrected chi connectivity index (χ3v) is 3.55. The number of hydrogen-bond acceptors (Lipinski definition) is 3. The van der Waals surface area contributed by atoms with Crippen molar-refractivity contribution in [3.05, 3.63) is 41.6 Å². The van der Waals surface area contributed by atoms with Gasteiger partial charge in [-0.1, -0.05) is 11.6 Å². The summed E-state index contributed by atoms with van der Waals surface area (Å²) >= 11 is 6.15. The highest BCUT2D eigenvalue weighted by atomic mass is 35.5. The van der Waals surface area contributed by atoms with Crippen LogP contribution in [0.5, 0.6) is 0 Å². The van der Waals surface area contributed by atoms with E-state index in [2.05, 4.69) is 10.1 Å². The fourth-order valence-electron chi connectivity index (χ4n) is 2.21. The third kappa shape index (κ3) is 2.27. The van der Waals surface area contributed by atoms with Crippen LogP contribution in [0.3, 0.4) is 0 Å². The average Bonchev–Trinajstić information content (AvgIpc) is 2.96. The van der Waals surface area contributed by atoms with Gasteiger partial charge < -0.3 is 10.3 Å². The smallest absolute Gasteiger partial charge is 0.130 e. The number of nitrogens with zero attached hydrogens (tertiary/aromatic N) is 4. The first kappa shape index (κ1) is 13.6. The molecule has 0 unspecified atom stereocenters. The molecule has 5 nitrogen and oxygen atoms in total. The quantitative estimate of drug-likeness (QED) is 0.792. The number of nitrogens with two attached hydrogens (primary N) is 1. The van der Waals surface area contributed by atoms with Gasteiger partial charge in [0, 0.05) is 25.9 Å². The molecule has 3 aromatic rings. The van der Waals surface area contributed by atoms with E-state index in [1.165, 1.54) is 12.1 Å². The van der Waals surface area contributed by atoms with Gasteiger partial charge in [-0.05, 0) is 18.2 Å². The van der Waals surface area contributed by atoms with Crippen molar-refractivity contribution in [2.75, 3.05) is 5.73 Å². The number of aryl methyl sites for hydroxylation is 2. The number of anilines is 1. The van der Waals surface area contributed by atoms with Gasteiger partial charge >= 0.3 is 0 Å². The van der Waals surface area contributed by atoms with E-state index in [9.17, 15) is 4.39 Å². The number of hydrogen-bond donors (Lipinski definition) is 1. The lowest BCUT2D eigenvalue weighted by Gasteiger charge is -2.05. The molecule has 0 amide bonds. The molecular weight excluding hydrogens is 293 g/mol. The minimum Gasteiger partial charge on any atom is -0.383 e. The molecule has 0 saturated heterocycles. The second-order valence-electron chi connectivity index (χ2n) is 4.78. The highest BCUT2D eigenvalue weighted by Gasteiger charge is 2.21. The number of rotatable bonds is 2. The topological polar surface area (TPSA) is 61.7 Å². The molecule has 0 fully saturated rings. The molecule has 1 aromatic carbocycles. The first-order valence-corrected chi connectivity index (χ1v) is 6.61. The Labute approximate surface area is 125 Å². The van der Waals surface area contributed by atoms with Crippen molar-refractivity contribution >= 4 is 17.4 Å². The molecule has 21 heavy (non-hydrogen) atoms. The summed E-state index contributed by atoms with van der Waals surface area (Å²) in [7, 11) is 3.61. The second-order valence-corrected chi connectivity index (χ2v) is 5.19. The van der Waals surface area contributed by atoms with Crippen LogP contribution in [0.2, 0.25) is 5.02 Å². The maximum atomic E-state index is 13.2. The van der Waals surface area contributed by atoms with E-state index >= 15 is 0 Å². The van der Waals surface area contributed by atoms with Gasteiger partial charge in [0.15, 0.2) is 0 Å². The molecule has 0 atom stereocenters. The molecule has 0 aliphatic carbocycles. The maximum Gasteiger partial charge on any atom is 0.130 e. The van der Waals surface area contributed by atoms with Crippen molar-refractivity contribution in [1.82, 2.24) is 19.3 Å². The molecule has 0 spiro atoms. The predicted molar refractivity (Wildman–Crippen MR) is 80.2 cm³/mol. The number of halogens is 2. The lowest BCUT2D eigenvalue weighted by molar-refractivity contribution is 0.628.